The Morgan fingerprint density at radius 3 is 2.64 bits per heavy atom. The second kappa shape index (κ2) is 7.74. The highest BCUT2D eigenvalue weighted by atomic mass is 79.9. The molecule has 2 heterocycles. The molecule has 0 bridgehead atoms. The number of nitrogens with one attached hydrogen (secondary N) is 1. The van der Waals surface area contributed by atoms with Gasteiger partial charge in [0, 0.05) is 24.7 Å². The molecule has 0 unspecified atom stereocenters. The summed E-state index contributed by atoms with van der Waals surface area (Å²) in [4.78, 5) is 26.5. The Morgan fingerprint density at radius 1 is 1.24 bits per heavy atom. The number of hydrogen-bond acceptors (Lipinski definition) is 4. The van der Waals surface area contributed by atoms with Gasteiger partial charge in [0.25, 0.3) is 11.8 Å². The van der Waals surface area contributed by atoms with Crippen LogP contribution in [0.3, 0.4) is 0 Å². The van der Waals surface area contributed by atoms with Gasteiger partial charge in [-0.2, -0.15) is 0 Å². The molecule has 25 heavy (non-hydrogen) atoms. The number of benzene rings is 1. The first kappa shape index (κ1) is 17.5. The van der Waals surface area contributed by atoms with Crippen LogP contribution in [0.5, 0.6) is 5.75 Å². The number of amides is 2. The van der Waals surface area contributed by atoms with Crippen LogP contribution in [0.15, 0.2) is 45.5 Å². The first-order chi connectivity index (χ1) is 12.1. The second-order valence-electron chi connectivity index (χ2n) is 5.88. The molecule has 0 saturated carbocycles. The first-order valence-electron chi connectivity index (χ1n) is 8.06. The number of likely N-dealkylation sites (tertiary alicyclic amines) is 1. The van der Waals surface area contributed by atoms with Crippen molar-refractivity contribution in [2.24, 2.45) is 0 Å². The summed E-state index contributed by atoms with van der Waals surface area (Å²) < 4.78 is 10.9. The van der Waals surface area contributed by atoms with E-state index in [0.717, 1.165) is 0 Å². The lowest BCUT2D eigenvalue weighted by molar-refractivity contribution is 0.0695. The summed E-state index contributed by atoms with van der Waals surface area (Å²) in [6.07, 6.45) is 1.42. The van der Waals surface area contributed by atoms with Crippen LogP contribution >= 0.6 is 15.9 Å². The summed E-state index contributed by atoms with van der Waals surface area (Å²) in [5.74, 6) is 0.696. The maximum absolute atomic E-state index is 12.6. The number of rotatable bonds is 4. The molecular weight excluding hydrogens is 388 g/mol. The molecule has 1 N–H and O–H groups in total. The maximum Gasteiger partial charge on any atom is 0.287 e. The second-order valence-corrected chi connectivity index (χ2v) is 6.66. The third-order valence-electron chi connectivity index (χ3n) is 4.23. The van der Waals surface area contributed by atoms with Gasteiger partial charge in [-0.05, 0) is 59.1 Å². The molecule has 6 nitrogen and oxygen atoms in total. The van der Waals surface area contributed by atoms with E-state index in [1.54, 1.807) is 42.3 Å². The zero-order valence-corrected chi connectivity index (χ0v) is 15.4. The minimum atomic E-state index is -0.233. The zero-order valence-electron chi connectivity index (χ0n) is 13.8. The first-order valence-corrected chi connectivity index (χ1v) is 8.85. The fraction of sp³-hybridized carbons (Fsp3) is 0.333. The van der Waals surface area contributed by atoms with Crippen LogP contribution in [0, 0.1) is 0 Å². The van der Waals surface area contributed by atoms with Crippen molar-refractivity contribution in [2.45, 2.75) is 18.9 Å². The molecule has 0 spiro atoms. The highest BCUT2D eigenvalue weighted by Gasteiger charge is 2.25. The van der Waals surface area contributed by atoms with Crippen molar-refractivity contribution in [3.8, 4) is 5.75 Å². The highest BCUT2D eigenvalue weighted by molar-refractivity contribution is 9.10. The van der Waals surface area contributed by atoms with Gasteiger partial charge in [0.05, 0.1) is 7.11 Å². The van der Waals surface area contributed by atoms with Crippen molar-refractivity contribution in [1.29, 1.82) is 0 Å². The van der Waals surface area contributed by atoms with Gasteiger partial charge in [-0.1, -0.05) is 6.07 Å². The molecule has 1 saturated heterocycles. The van der Waals surface area contributed by atoms with Gasteiger partial charge >= 0.3 is 0 Å². The lowest BCUT2D eigenvalue weighted by Crippen LogP contribution is -2.46. The van der Waals surface area contributed by atoms with E-state index in [0.29, 0.717) is 41.9 Å². The standard InChI is InChI=1S/C18H19BrN2O4/c1-24-14-4-2-3-12(11-14)18(23)21-9-7-13(8-10-21)20-17(22)15-5-6-16(19)25-15/h2-6,11,13H,7-10H2,1H3,(H,20,22). The van der Waals surface area contributed by atoms with E-state index in [9.17, 15) is 9.59 Å². The maximum atomic E-state index is 12.6. The van der Waals surface area contributed by atoms with Crippen molar-refractivity contribution in [3.05, 3.63) is 52.4 Å². The topological polar surface area (TPSA) is 71.8 Å². The largest absolute Gasteiger partial charge is 0.497 e. The summed E-state index contributed by atoms with van der Waals surface area (Å²) in [6.45, 7) is 1.20. The molecule has 1 aliphatic rings. The molecule has 0 radical (unpaired) electrons. The molecule has 1 aromatic heterocycles. The Balaban J connectivity index is 1.54. The summed E-state index contributed by atoms with van der Waals surface area (Å²) in [6, 6.07) is 10.5. The Morgan fingerprint density at radius 2 is 2.00 bits per heavy atom. The van der Waals surface area contributed by atoms with Gasteiger partial charge in [-0.25, -0.2) is 0 Å². The molecule has 2 aromatic rings. The number of piperidine rings is 1. The lowest BCUT2D eigenvalue weighted by Gasteiger charge is -2.32. The molecular formula is C18H19BrN2O4. The number of carbonyl (C=O) groups is 2. The fourth-order valence-electron chi connectivity index (χ4n) is 2.86. The van der Waals surface area contributed by atoms with Crippen LogP contribution in [0.2, 0.25) is 0 Å². The van der Waals surface area contributed by atoms with Crippen LogP contribution in [0.4, 0.5) is 0 Å². The Labute approximate surface area is 154 Å². The van der Waals surface area contributed by atoms with E-state index >= 15 is 0 Å². The van der Waals surface area contributed by atoms with Crippen LogP contribution in [0.25, 0.3) is 0 Å². The zero-order chi connectivity index (χ0) is 17.8. The van der Waals surface area contributed by atoms with Crippen molar-refractivity contribution in [2.75, 3.05) is 20.2 Å². The minimum absolute atomic E-state index is 0.0151. The number of carbonyl (C=O) groups excluding carboxylic acids is 2. The number of halogens is 1. The third kappa shape index (κ3) is 4.22. The molecule has 0 atom stereocenters. The summed E-state index contributed by atoms with van der Waals surface area (Å²) in [7, 11) is 1.58. The number of ether oxygens (including phenoxy) is 1. The molecule has 2 amide bonds. The average Bonchev–Trinajstić information content (AvgIpc) is 3.08. The summed E-state index contributed by atoms with van der Waals surface area (Å²) in [5.41, 5.74) is 0.613. The van der Waals surface area contributed by atoms with Crippen molar-refractivity contribution < 1.29 is 18.7 Å². The van der Waals surface area contributed by atoms with Gasteiger partial charge in [0.15, 0.2) is 10.4 Å². The number of hydrogen-bond donors (Lipinski definition) is 1. The molecule has 132 valence electrons. The SMILES string of the molecule is COc1cccc(C(=O)N2CCC(NC(=O)c3ccc(Br)o3)CC2)c1. The van der Waals surface area contributed by atoms with E-state index in [1.807, 2.05) is 6.07 Å². The number of nitrogens with zero attached hydrogens (tertiary/aromatic N) is 1. The van der Waals surface area contributed by atoms with Gasteiger partial charge in [0.1, 0.15) is 5.75 Å². The van der Waals surface area contributed by atoms with Crippen molar-refractivity contribution in [3.63, 3.8) is 0 Å². The molecule has 3 rings (SSSR count). The number of furan rings is 1. The monoisotopic (exact) mass is 406 g/mol. The Hall–Kier alpha value is -2.28. The smallest absolute Gasteiger partial charge is 0.287 e. The van der Waals surface area contributed by atoms with Crippen LogP contribution in [-0.2, 0) is 0 Å². The van der Waals surface area contributed by atoms with E-state index in [4.69, 9.17) is 9.15 Å². The summed E-state index contributed by atoms with van der Waals surface area (Å²) in [5, 5.41) is 2.95. The molecule has 7 heteroatoms. The quantitative estimate of drug-likeness (QED) is 0.846. The molecule has 0 aliphatic carbocycles. The average molecular weight is 407 g/mol. The third-order valence-corrected chi connectivity index (χ3v) is 4.66. The van der Waals surface area contributed by atoms with Gasteiger partial charge < -0.3 is 19.4 Å². The normalized spacial score (nSPS) is 15.0. The van der Waals surface area contributed by atoms with Gasteiger partial charge in [-0.3, -0.25) is 9.59 Å². The lowest BCUT2D eigenvalue weighted by atomic mass is 10.0. The molecule has 1 fully saturated rings. The van der Waals surface area contributed by atoms with E-state index in [2.05, 4.69) is 21.2 Å². The van der Waals surface area contributed by atoms with E-state index in [1.165, 1.54) is 0 Å². The highest BCUT2D eigenvalue weighted by Crippen LogP contribution is 2.19. The van der Waals surface area contributed by atoms with Gasteiger partial charge in [-0.15, -0.1) is 0 Å². The van der Waals surface area contributed by atoms with Crippen LogP contribution in [0.1, 0.15) is 33.8 Å². The minimum Gasteiger partial charge on any atom is -0.497 e. The predicted octanol–water partition coefficient (Wildman–Crippen LogP) is 3.09. The van der Waals surface area contributed by atoms with Crippen LogP contribution in [-0.4, -0.2) is 43.0 Å². The van der Waals surface area contributed by atoms with E-state index < -0.39 is 0 Å². The van der Waals surface area contributed by atoms with Gasteiger partial charge in [0.2, 0.25) is 0 Å². The van der Waals surface area contributed by atoms with E-state index in [-0.39, 0.29) is 23.6 Å². The van der Waals surface area contributed by atoms with Crippen LogP contribution < -0.4 is 10.1 Å². The number of methoxy groups -OCH3 is 1. The molecule has 1 aliphatic heterocycles. The van der Waals surface area contributed by atoms with Crippen molar-refractivity contribution in [1.82, 2.24) is 10.2 Å². The fourth-order valence-corrected chi connectivity index (χ4v) is 3.16. The Kier molecular flexibility index (Phi) is 5.43. The van der Waals surface area contributed by atoms with Crippen molar-refractivity contribution >= 4 is 27.7 Å². The Bertz CT molecular complexity index is 766. The summed E-state index contributed by atoms with van der Waals surface area (Å²) >= 11 is 3.18. The predicted molar refractivity (Wildman–Crippen MR) is 95.8 cm³/mol. The molecule has 1 aromatic carbocycles.